The lowest BCUT2D eigenvalue weighted by Gasteiger charge is -2.29. The van der Waals surface area contributed by atoms with Gasteiger partial charge in [0, 0.05) is 22.0 Å². The van der Waals surface area contributed by atoms with Gasteiger partial charge < -0.3 is 0 Å². The predicted molar refractivity (Wildman–Crippen MR) is 83.8 cm³/mol. The average molecular weight is 330 g/mol. The van der Waals surface area contributed by atoms with E-state index >= 15 is 0 Å². The van der Waals surface area contributed by atoms with Gasteiger partial charge in [-0.25, -0.2) is 0 Å². The normalized spacial score (nSPS) is 16.9. The van der Waals surface area contributed by atoms with Gasteiger partial charge in [0.05, 0.1) is 11.4 Å². The van der Waals surface area contributed by atoms with Crippen LogP contribution < -0.4 is 0 Å². The Labute approximate surface area is 127 Å². The zero-order valence-corrected chi connectivity index (χ0v) is 13.2. The maximum Gasteiger partial charge on any atom is 0.165 e. The highest BCUT2D eigenvalue weighted by atomic mass is 79.9. The Kier molecular flexibility index (Phi) is 3.25. The van der Waals surface area contributed by atoms with Crippen LogP contribution in [0.3, 0.4) is 0 Å². The molecular formula is C17H16BrNO. The Hall–Kier alpha value is -1.48. The van der Waals surface area contributed by atoms with Gasteiger partial charge in [0.15, 0.2) is 5.78 Å². The van der Waals surface area contributed by atoms with E-state index in [1.807, 2.05) is 36.4 Å². The Morgan fingerprint density at radius 2 is 1.95 bits per heavy atom. The van der Waals surface area contributed by atoms with Crippen LogP contribution in [0.2, 0.25) is 0 Å². The van der Waals surface area contributed by atoms with Crippen LogP contribution in [-0.4, -0.2) is 10.8 Å². The first kappa shape index (κ1) is 13.5. The van der Waals surface area contributed by atoms with Crippen LogP contribution in [0.1, 0.15) is 36.3 Å². The molecule has 1 aromatic heterocycles. The molecule has 0 fully saturated rings. The Morgan fingerprint density at radius 1 is 1.15 bits per heavy atom. The van der Waals surface area contributed by atoms with Crippen LogP contribution in [0, 0.1) is 5.41 Å². The Balaban J connectivity index is 2.07. The summed E-state index contributed by atoms with van der Waals surface area (Å²) in [5.74, 6) is 0.213. The molecule has 2 nitrogen and oxygen atoms in total. The van der Waals surface area contributed by atoms with Crippen molar-refractivity contribution in [3.63, 3.8) is 0 Å². The molecule has 1 aliphatic rings. The lowest BCUT2D eigenvalue weighted by molar-refractivity contribution is 0.0910. The van der Waals surface area contributed by atoms with Gasteiger partial charge in [0.25, 0.3) is 0 Å². The largest absolute Gasteiger partial charge is 0.294 e. The summed E-state index contributed by atoms with van der Waals surface area (Å²) in [6, 6.07) is 11.9. The minimum absolute atomic E-state index is 0.00692. The van der Waals surface area contributed by atoms with E-state index in [4.69, 9.17) is 4.98 Å². The van der Waals surface area contributed by atoms with E-state index in [0.717, 1.165) is 33.4 Å². The SMILES string of the molecule is CC1(C)CC(=O)c2ccc(-c3cccc(Br)c3)nc2C1. The number of nitrogens with zero attached hydrogens (tertiary/aromatic N) is 1. The second kappa shape index (κ2) is 4.81. The second-order valence-electron chi connectivity index (χ2n) is 6.14. The first-order valence-corrected chi connectivity index (χ1v) is 7.53. The third-order valence-electron chi connectivity index (χ3n) is 3.68. The van der Waals surface area contributed by atoms with Crippen LogP contribution >= 0.6 is 15.9 Å². The molecule has 1 heterocycles. The molecule has 1 aromatic carbocycles. The van der Waals surface area contributed by atoms with Crippen molar-refractivity contribution in [2.45, 2.75) is 26.7 Å². The monoisotopic (exact) mass is 329 g/mol. The van der Waals surface area contributed by atoms with Crippen molar-refractivity contribution in [2.75, 3.05) is 0 Å². The number of ketones is 1. The van der Waals surface area contributed by atoms with Crippen LogP contribution in [0.15, 0.2) is 40.9 Å². The van der Waals surface area contributed by atoms with Crippen LogP contribution in [0.5, 0.6) is 0 Å². The maximum atomic E-state index is 12.2. The average Bonchev–Trinajstić information content (AvgIpc) is 2.36. The van der Waals surface area contributed by atoms with Crippen molar-refractivity contribution in [3.8, 4) is 11.3 Å². The van der Waals surface area contributed by atoms with E-state index in [1.54, 1.807) is 0 Å². The fourth-order valence-electron chi connectivity index (χ4n) is 2.74. The smallest absolute Gasteiger partial charge is 0.165 e. The first-order valence-electron chi connectivity index (χ1n) is 6.74. The Morgan fingerprint density at radius 3 is 2.70 bits per heavy atom. The third-order valence-corrected chi connectivity index (χ3v) is 4.17. The van der Waals surface area contributed by atoms with Crippen LogP contribution in [0.4, 0.5) is 0 Å². The highest BCUT2D eigenvalue weighted by Gasteiger charge is 2.31. The van der Waals surface area contributed by atoms with Gasteiger partial charge in [-0.1, -0.05) is 41.9 Å². The van der Waals surface area contributed by atoms with E-state index in [1.165, 1.54) is 0 Å². The number of rotatable bonds is 1. The molecule has 0 aliphatic heterocycles. The summed E-state index contributed by atoms with van der Waals surface area (Å²) in [6.45, 7) is 4.25. The van der Waals surface area contributed by atoms with Crippen molar-refractivity contribution in [1.82, 2.24) is 4.98 Å². The molecule has 0 radical (unpaired) electrons. The molecule has 20 heavy (non-hydrogen) atoms. The zero-order valence-electron chi connectivity index (χ0n) is 11.6. The lowest BCUT2D eigenvalue weighted by atomic mass is 9.75. The minimum atomic E-state index is 0.00692. The molecule has 0 amide bonds. The van der Waals surface area contributed by atoms with Crippen LogP contribution in [0.25, 0.3) is 11.3 Å². The number of hydrogen-bond acceptors (Lipinski definition) is 2. The number of fused-ring (bicyclic) bond motifs is 1. The topological polar surface area (TPSA) is 30.0 Å². The highest BCUT2D eigenvalue weighted by molar-refractivity contribution is 9.10. The number of carbonyl (C=O) groups excluding carboxylic acids is 1. The maximum absolute atomic E-state index is 12.2. The van der Waals surface area contributed by atoms with E-state index in [-0.39, 0.29) is 11.2 Å². The van der Waals surface area contributed by atoms with Gasteiger partial charge in [0.2, 0.25) is 0 Å². The van der Waals surface area contributed by atoms with Gasteiger partial charge in [-0.15, -0.1) is 0 Å². The number of aromatic nitrogens is 1. The molecule has 0 saturated carbocycles. The van der Waals surface area contributed by atoms with Crippen molar-refractivity contribution >= 4 is 21.7 Å². The molecule has 0 bridgehead atoms. The summed E-state index contributed by atoms with van der Waals surface area (Å²) in [6.07, 6.45) is 1.47. The number of Topliss-reactive ketones (excluding diaryl/α,β-unsaturated/α-hetero) is 1. The molecule has 0 spiro atoms. The van der Waals surface area contributed by atoms with E-state index in [0.29, 0.717) is 6.42 Å². The van der Waals surface area contributed by atoms with E-state index in [9.17, 15) is 4.79 Å². The number of halogens is 1. The highest BCUT2D eigenvalue weighted by Crippen LogP contribution is 2.35. The van der Waals surface area contributed by atoms with Gasteiger partial charge in [-0.3, -0.25) is 9.78 Å². The fourth-order valence-corrected chi connectivity index (χ4v) is 3.14. The molecule has 102 valence electrons. The predicted octanol–water partition coefficient (Wildman–Crippen LogP) is 4.67. The standard InChI is InChI=1S/C17H16BrNO/c1-17(2)9-15-13(16(20)10-17)6-7-14(19-15)11-4-3-5-12(18)8-11/h3-8H,9-10H2,1-2H3. The number of hydrogen-bond donors (Lipinski definition) is 0. The van der Waals surface area contributed by atoms with Crippen molar-refractivity contribution in [1.29, 1.82) is 0 Å². The van der Waals surface area contributed by atoms with Gasteiger partial charge in [-0.2, -0.15) is 0 Å². The molecule has 1 aliphatic carbocycles. The Bertz CT molecular complexity index is 691. The molecule has 3 heteroatoms. The molecule has 0 saturated heterocycles. The van der Waals surface area contributed by atoms with Gasteiger partial charge >= 0.3 is 0 Å². The molecule has 0 N–H and O–H groups in total. The number of carbonyl (C=O) groups is 1. The second-order valence-corrected chi connectivity index (χ2v) is 7.06. The summed E-state index contributed by atoms with van der Waals surface area (Å²) < 4.78 is 1.03. The summed E-state index contributed by atoms with van der Waals surface area (Å²) >= 11 is 3.48. The van der Waals surface area contributed by atoms with E-state index in [2.05, 4.69) is 29.8 Å². The molecule has 0 atom stereocenters. The summed E-state index contributed by atoms with van der Waals surface area (Å²) in [7, 11) is 0. The third kappa shape index (κ3) is 2.55. The van der Waals surface area contributed by atoms with Crippen molar-refractivity contribution in [3.05, 3.63) is 52.1 Å². The number of benzene rings is 1. The molecule has 0 unspecified atom stereocenters. The van der Waals surface area contributed by atoms with Crippen molar-refractivity contribution in [2.24, 2.45) is 5.41 Å². The zero-order chi connectivity index (χ0) is 14.3. The molecule has 3 rings (SSSR count). The van der Waals surface area contributed by atoms with Crippen molar-refractivity contribution < 1.29 is 4.79 Å². The minimum Gasteiger partial charge on any atom is -0.294 e. The van der Waals surface area contributed by atoms with Gasteiger partial charge in [-0.05, 0) is 36.1 Å². The quantitative estimate of drug-likeness (QED) is 0.761. The summed E-state index contributed by atoms with van der Waals surface area (Å²) in [5, 5.41) is 0. The van der Waals surface area contributed by atoms with Crippen LogP contribution in [-0.2, 0) is 6.42 Å². The van der Waals surface area contributed by atoms with Gasteiger partial charge in [0.1, 0.15) is 0 Å². The molecular weight excluding hydrogens is 314 g/mol. The lowest BCUT2D eigenvalue weighted by Crippen LogP contribution is -2.27. The summed E-state index contributed by atoms with van der Waals surface area (Å²) in [4.78, 5) is 16.9. The van der Waals surface area contributed by atoms with E-state index < -0.39 is 0 Å². The molecule has 2 aromatic rings. The first-order chi connectivity index (χ1) is 9.44. The summed E-state index contributed by atoms with van der Waals surface area (Å²) in [5.41, 5.74) is 3.73. The number of pyridine rings is 1. The fraction of sp³-hybridized carbons (Fsp3) is 0.294.